The van der Waals surface area contributed by atoms with E-state index in [4.69, 9.17) is 4.74 Å². The number of hydrogen-bond acceptors (Lipinski definition) is 4. The Labute approximate surface area is 136 Å². The molecule has 2 aromatic rings. The summed E-state index contributed by atoms with van der Waals surface area (Å²) in [7, 11) is -1.08. The van der Waals surface area contributed by atoms with Crippen molar-refractivity contribution in [1.82, 2.24) is 0 Å². The average Bonchev–Trinajstić information content (AvgIpc) is 2.56. The number of ketones is 1. The van der Waals surface area contributed by atoms with Crippen LogP contribution in [-0.4, -0.2) is 22.2 Å². The van der Waals surface area contributed by atoms with Crippen molar-refractivity contribution in [3.05, 3.63) is 59.2 Å². The summed E-state index contributed by atoms with van der Waals surface area (Å²) in [4.78, 5) is 24.9. The van der Waals surface area contributed by atoms with Gasteiger partial charge in [0, 0.05) is 39.5 Å². The summed E-state index contributed by atoms with van der Waals surface area (Å²) in [6, 6.07) is 11.7. The molecule has 0 N–H and O–H groups in total. The quantitative estimate of drug-likeness (QED) is 0.641. The Hall–Kier alpha value is -2.27. The van der Waals surface area contributed by atoms with Crippen LogP contribution in [0.3, 0.4) is 0 Å². The second kappa shape index (κ2) is 6.46. The fraction of sp³-hybridized carbons (Fsp3) is 0.222. The Morgan fingerprint density at radius 1 is 1.09 bits per heavy atom. The Bertz CT molecular complexity index is 793. The predicted octanol–water partition coefficient (Wildman–Crippen LogP) is 3.16. The Balaban J connectivity index is 1.84. The highest BCUT2D eigenvalue weighted by Crippen LogP contribution is 2.30. The summed E-state index contributed by atoms with van der Waals surface area (Å²) in [5, 5.41) is 0. The van der Waals surface area contributed by atoms with Crippen LogP contribution in [0, 0.1) is 0 Å². The van der Waals surface area contributed by atoms with Crippen LogP contribution in [0.2, 0.25) is 0 Å². The lowest BCUT2D eigenvalue weighted by molar-refractivity contribution is 0.0730. The molecule has 23 heavy (non-hydrogen) atoms. The SMILES string of the molecule is C[S@@](=O)c1ccc(C(=O)Oc2cccc3c2CCCC3=O)cc1. The van der Waals surface area contributed by atoms with Gasteiger partial charge in [-0.15, -0.1) is 0 Å². The van der Waals surface area contributed by atoms with E-state index in [2.05, 4.69) is 0 Å². The number of fused-ring (bicyclic) bond motifs is 1. The van der Waals surface area contributed by atoms with E-state index >= 15 is 0 Å². The van der Waals surface area contributed by atoms with Crippen LogP contribution >= 0.6 is 0 Å². The molecule has 0 radical (unpaired) electrons. The Kier molecular flexibility index (Phi) is 4.39. The third-order valence-corrected chi connectivity index (χ3v) is 4.82. The standard InChI is InChI=1S/C18H16O4S/c1-23(21)13-10-8-12(9-11-13)18(20)22-17-7-3-4-14-15(17)5-2-6-16(14)19/h3-4,7-11H,2,5-6H2,1H3/t23-/m1/s1. The zero-order chi connectivity index (χ0) is 16.4. The highest BCUT2D eigenvalue weighted by atomic mass is 32.2. The highest BCUT2D eigenvalue weighted by Gasteiger charge is 2.21. The van der Waals surface area contributed by atoms with Gasteiger partial charge in [0.05, 0.1) is 5.56 Å². The van der Waals surface area contributed by atoms with Gasteiger partial charge in [-0.25, -0.2) is 4.79 Å². The second-order valence-corrected chi connectivity index (χ2v) is 6.81. The van der Waals surface area contributed by atoms with Gasteiger partial charge in [-0.3, -0.25) is 9.00 Å². The Morgan fingerprint density at radius 2 is 1.83 bits per heavy atom. The van der Waals surface area contributed by atoms with Crippen molar-refractivity contribution in [3.8, 4) is 5.75 Å². The van der Waals surface area contributed by atoms with E-state index in [1.54, 1.807) is 48.7 Å². The lowest BCUT2D eigenvalue weighted by atomic mass is 9.90. The first-order valence-electron chi connectivity index (χ1n) is 7.37. The second-order valence-electron chi connectivity index (χ2n) is 5.43. The number of rotatable bonds is 3. The van der Waals surface area contributed by atoms with Crippen LogP contribution in [-0.2, 0) is 17.2 Å². The summed E-state index contributed by atoms with van der Waals surface area (Å²) in [6.07, 6.45) is 3.64. The molecule has 1 aliphatic rings. The summed E-state index contributed by atoms with van der Waals surface area (Å²) < 4.78 is 16.9. The average molecular weight is 328 g/mol. The highest BCUT2D eigenvalue weighted by molar-refractivity contribution is 7.84. The van der Waals surface area contributed by atoms with Gasteiger partial charge in [0.25, 0.3) is 0 Å². The molecule has 0 saturated carbocycles. The van der Waals surface area contributed by atoms with E-state index in [1.807, 2.05) is 0 Å². The normalized spacial score (nSPS) is 14.9. The molecule has 0 spiro atoms. The van der Waals surface area contributed by atoms with Crippen LogP contribution in [0.25, 0.3) is 0 Å². The third-order valence-electron chi connectivity index (χ3n) is 3.89. The van der Waals surface area contributed by atoms with E-state index in [0.29, 0.717) is 28.2 Å². The van der Waals surface area contributed by atoms with Crippen molar-refractivity contribution >= 4 is 22.6 Å². The molecular formula is C18H16O4S. The number of hydrogen-bond donors (Lipinski definition) is 0. The summed E-state index contributed by atoms with van der Waals surface area (Å²) in [6.45, 7) is 0. The van der Waals surface area contributed by atoms with Crippen molar-refractivity contribution in [2.24, 2.45) is 0 Å². The molecule has 0 aromatic heterocycles. The fourth-order valence-corrected chi connectivity index (χ4v) is 3.20. The minimum absolute atomic E-state index is 0.0962. The minimum Gasteiger partial charge on any atom is -0.423 e. The molecule has 1 aliphatic carbocycles. The number of ether oxygens (including phenoxy) is 1. The molecule has 0 heterocycles. The summed E-state index contributed by atoms with van der Waals surface area (Å²) >= 11 is 0. The molecule has 2 aromatic carbocycles. The zero-order valence-corrected chi connectivity index (χ0v) is 13.5. The van der Waals surface area contributed by atoms with Crippen molar-refractivity contribution in [3.63, 3.8) is 0 Å². The first-order chi connectivity index (χ1) is 11.1. The third kappa shape index (κ3) is 3.24. The van der Waals surface area contributed by atoms with Gasteiger partial charge in [-0.1, -0.05) is 12.1 Å². The molecule has 0 bridgehead atoms. The number of carbonyl (C=O) groups is 2. The van der Waals surface area contributed by atoms with Gasteiger partial charge in [-0.2, -0.15) is 0 Å². The van der Waals surface area contributed by atoms with Gasteiger partial charge >= 0.3 is 5.97 Å². The van der Waals surface area contributed by atoms with E-state index < -0.39 is 16.8 Å². The van der Waals surface area contributed by atoms with Gasteiger partial charge in [0.15, 0.2) is 5.78 Å². The van der Waals surface area contributed by atoms with Crippen LogP contribution in [0.5, 0.6) is 5.75 Å². The van der Waals surface area contributed by atoms with Gasteiger partial charge in [0.2, 0.25) is 0 Å². The van der Waals surface area contributed by atoms with Crippen LogP contribution in [0.1, 0.15) is 39.1 Å². The van der Waals surface area contributed by atoms with Crippen molar-refractivity contribution in [2.75, 3.05) is 6.26 Å². The predicted molar refractivity (Wildman–Crippen MR) is 87.4 cm³/mol. The summed E-state index contributed by atoms with van der Waals surface area (Å²) in [5.41, 5.74) is 1.85. The van der Waals surface area contributed by atoms with E-state index in [0.717, 1.165) is 18.4 Å². The molecule has 0 aliphatic heterocycles. The topological polar surface area (TPSA) is 60.4 Å². The number of Topliss-reactive ketones (excluding diaryl/α,β-unsaturated/α-hetero) is 1. The van der Waals surface area contributed by atoms with E-state index in [9.17, 15) is 13.8 Å². The molecule has 118 valence electrons. The van der Waals surface area contributed by atoms with Gasteiger partial charge in [-0.05, 0) is 43.2 Å². The summed E-state index contributed by atoms with van der Waals surface area (Å²) in [5.74, 6) is 0.0625. The molecule has 4 nitrogen and oxygen atoms in total. The van der Waals surface area contributed by atoms with Crippen molar-refractivity contribution in [1.29, 1.82) is 0 Å². The largest absolute Gasteiger partial charge is 0.423 e. The molecule has 3 rings (SSSR count). The molecule has 0 fully saturated rings. The maximum Gasteiger partial charge on any atom is 0.343 e. The first-order valence-corrected chi connectivity index (χ1v) is 8.93. The van der Waals surface area contributed by atoms with E-state index in [1.165, 1.54) is 0 Å². The fourth-order valence-electron chi connectivity index (χ4n) is 2.68. The molecule has 1 atom stereocenters. The smallest absolute Gasteiger partial charge is 0.343 e. The Morgan fingerprint density at radius 3 is 2.52 bits per heavy atom. The lowest BCUT2D eigenvalue weighted by Gasteiger charge is -2.17. The first kappa shape index (κ1) is 15.6. The molecule has 0 amide bonds. The zero-order valence-electron chi connectivity index (χ0n) is 12.7. The lowest BCUT2D eigenvalue weighted by Crippen LogP contribution is -2.15. The van der Waals surface area contributed by atoms with Gasteiger partial charge in [0.1, 0.15) is 5.75 Å². The number of esters is 1. The molecule has 0 unspecified atom stereocenters. The molecule has 0 saturated heterocycles. The monoisotopic (exact) mass is 328 g/mol. The van der Waals surface area contributed by atoms with Crippen LogP contribution in [0.15, 0.2) is 47.4 Å². The maximum absolute atomic E-state index is 12.3. The van der Waals surface area contributed by atoms with Crippen LogP contribution in [0.4, 0.5) is 0 Å². The van der Waals surface area contributed by atoms with E-state index in [-0.39, 0.29) is 5.78 Å². The maximum atomic E-state index is 12.3. The minimum atomic E-state index is -1.08. The van der Waals surface area contributed by atoms with Crippen molar-refractivity contribution < 1.29 is 18.5 Å². The molecular weight excluding hydrogens is 312 g/mol. The number of benzene rings is 2. The van der Waals surface area contributed by atoms with Crippen LogP contribution < -0.4 is 4.74 Å². The van der Waals surface area contributed by atoms with Crippen molar-refractivity contribution in [2.45, 2.75) is 24.2 Å². The molecule has 5 heteroatoms. The number of carbonyl (C=O) groups excluding carboxylic acids is 2. The van der Waals surface area contributed by atoms with Gasteiger partial charge < -0.3 is 4.74 Å².